The van der Waals surface area contributed by atoms with Gasteiger partial charge >= 0.3 is 5.69 Å². The molecule has 8 heteroatoms. The number of alkyl halides is 2. The normalized spacial score (nSPS) is 11.2. The second-order valence-electron chi connectivity index (χ2n) is 4.73. The van der Waals surface area contributed by atoms with Gasteiger partial charge in [0, 0.05) is 24.6 Å². The van der Waals surface area contributed by atoms with Crippen LogP contribution in [0.1, 0.15) is 12.5 Å². The van der Waals surface area contributed by atoms with Crippen LogP contribution in [0.2, 0.25) is 5.02 Å². The van der Waals surface area contributed by atoms with E-state index in [0.29, 0.717) is 0 Å². The van der Waals surface area contributed by atoms with E-state index in [0.717, 1.165) is 13.0 Å². The molecule has 0 amide bonds. The van der Waals surface area contributed by atoms with Crippen molar-refractivity contribution < 1.29 is 23.2 Å². The third kappa shape index (κ3) is 3.87. The molecule has 0 heterocycles. The molecular formula is C15H12ClF2NO4. The minimum absolute atomic E-state index is 0.00125. The molecular weight excluding hydrogens is 332 g/mol. The second-order valence-corrected chi connectivity index (χ2v) is 5.13. The second kappa shape index (κ2) is 6.37. The number of ether oxygens (including phenoxy) is 2. The molecule has 0 fully saturated rings. The highest BCUT2D eigenvalue weighted by atomic mass is 35.5. The van der Waals surface area contributed by atoms with Gasteiger partial charge in [-0.1, -0.05) is 11.6 Å². The minimum Gasteiger partial charge on any atom is -0.490 e. The molecule has 23 heavy (non-hydrogen) atoms. The Morgan fingerprint density at radius 3 is 2.39 bits per heavy atom. The van der Waals surface area contributed by atoms with Crippen LogP contribution in [0.5, 0.6) is 17.2 Å². The zero-order valence-corrected chi connectivity index (χ0v) is 12.9. The molecule has 0 spiro atoms. The van der Waals surface area contributed by atoms with Crippen LogP contribution in [0.3, 0.4) is 0 Å². The lowest BCUT2D eigenvalue weighted by atomic mass is 10.1. The first-order valence-electron chi connectivity index (χ1n) is 6.40. The molecule has 122 valence electrons. The Labute approximate surface area is 135 Å². The fourth-order valence-corrected chi connectivity index (χ4v) is 2.08. The molecule has 0 aliphatic rings. The van der Waals surface area contributed by atoms with Crippen molar-refractivity contribution in [3.05, 3.63) is 57.1 Å². The highest BCUT2D eigenvalue weighted by molar-refractivity contribution is 6.32. The highest BCUT2D eigenvalue weighted by Gasteiger charge is 2.25. The van der Waals surface area contributed by atoms with Gasteiger partial charge in [-0.2, -0.15) is 0 Å². The molecule has 0 radical (unpaired) electrons. The van der Waals surface area contributed by atoms with Crippen molar-refractivity contribution in [2.75, 3.05) is 7.11 Å². The molecule has 0 bridgehead atoms. The summed E-state index contributed by atoms with van der Waals surface area (Å²) in [6.45, 7) is 0.764. The topological polar surface area (TPSA) is 61.6 Å². The lowest BCUT2D eigenvalue weighted by Gasteiger charge is -2.13. The van der Waals surface area contributed by atoms with Crippen LogP contribution in [-0.4, -0.2) is 12.0 Å². The van der Waals surface area contributed by atoms with E-state index in [1.807, 2.05) is 0 Å². The Morgan fingerprint density at radius 1 is 1.17 bits per heavy atom. The van der Waals surface area contributed by atoms with Crippen LogP contribution < -0.4 is 9.47 Å². The van der Waals surface area contributed by atoms with Crippen molar-refractivity contribution in [3.63, 3.8) is 0 Å². The lowest BCUT2D eigenvalue weighted by molar-refractivity contribution is -0.385. The average molecular weight is 344 g/mol. The van der Waals surface area contributed by atoms with E-state index < -0.39 is 10.8 Å². The molecule has 2 rings (SSSR count). The van der Waals surface area contributed by atoms with Crippen LogP contribution in [0.4, 0.5) is 14.5 Å². The van der Waals surface area contributed by atoms with Gasteiger partial charge in [-0.05, 0) is 24.3 Å². The fraction of sp³-hybridized carbons (Fsp3) is 0.200. The smallest absolute Gasteiger partial charge is 0.311 e. The molecule has 0 saturated heterocycles. The highest BCUT2D eigenvalue weighted by Crippen LogP contribution is 2.37. The Bertz CT molecular complexity index is 747. The maximum atomic E-state index is 13.2. The first kappa shape index (κ1) is 17.0. The first-order chi connectivity index (χ1) is 10.7. The van der Waals surface area contributed by atoms with E-state index in [1.54, 1.807) is 0 Å². The van der Waals surface area contributed by atoms with Gasteiger partial charge in [-0.25, -0.2) is 8.78 Å². The Morgan fingerprint density at radius 2 is 1.87 bits per heavy atom. The number of nitrogens with zero attached hydrogens (tertiary/aromatic N) is 1. The van der Waals surface area contributed by atoms with Gasteiger partial charge in [0.25, 0.3) is 5.92 Å². The predicted octanol–water partition coefficient (Wildman–Crippen LogP) is 5.16. The fourth-order valence-electron chi connectivity index (χ4n) is 1.86. The number of hydrogen-bond donors (Lipinski definition) is 0. The number of hydrogen-bond acceptors (Lipinski definition) is 4. The molecule has 5 nitrogen and oxygen atoms in total. The third-order valence-electron chi connectivity index (χ3n) is 3.01. The van der Waals surface area contributed by atoms with Gasteiger partial charge in [0.2, 0.25) is 5.75 Å². The maximum Gasteiger partial charge on any atom is 0.311 e. The quantitative estimate of drug-likeness (QED) is 0.555. The molecule has 2 aromatic rings. The summed E-state index contributed by atoms with van der Waals surface area (Å²) in [6.07, 6.45) is 0. The van der Waals surface area contributed by atoms with Crippen LogP contribution in [0, 0.1) is 10.1 Å². The largest absolute Gasteiger partial charge is 0.490 e. The third-order valence-corrected chi connectivity index (χ3v) is 3.31. The Kier molecular flexibility index (Phi) is 4.70. The van der Waals surface area contributed by atoms with Crippen molar-refractivity contribution in [2.45, 2.75) is 12.8 Å². The van der Waals surface area contributed by atoms with Crippen molar-refractivity contribution in [2.24, 2.45) is 0 Å². The number of halogens is 3. The minimum atomic E-state index is -3.02. The summed E-state index contributed by atoms with van der Waals surface area (Å²) in [7, 11) is 1.29. The molecule has 0 saturated carbocycles. The molecule has 0 N–H and O–H groups in total. The van der Waals surface area contributed by atoms with E-state index in [-0.39, 0.29) is 33.5 Å². The van der Waals surface area contributed by atoms with Crippen LogP contribution in [0.25, 0.3) is 0 Å². The summed E-state index contributed by atoms with van der Waals surface area (Å²) in [6, 6.07) is 7.51. The summed E-state index contributed by atoms with van der Waals surface area (Å²) in [5.41, 5.74) is -0.456. The lowest BCUT2D eigenvalue weighted by Crippen LogP contribution is -2.06. The zero-order valence-electron chi connectivity index (χ0n) is 12.2. The maximum absolute atomic E-state index is 13.2. The molecule has 0 unspecified atom stereocenters. The Hall–Kier alpha value is -2.41. The summed E-state index contributed by atoms with van der Waals surface area (Å²) in [4.78, 5) is 10.2. The van der Waals surface area contributed by atoms with Crippen molar-refractivity contribution in [1.82, 2.24) is 0 Å². The van der Waals surface area contributed by atoms with E-state index in [2.05, 4.69) is 0 Å². The van der Waals surface area contributed by atoms with Gasteiger partial charge in [-0.15, -0.1) is 0 Å². The van der Waals surface area contributed by atoms with Gasteiger partial charge in [0.05, 0.1) is 17.1 Å². The first-order valence-corrected chi connectivity index (χ1v) is 6.78. The zero-order chi connectivity index (χ0) is 17.2. The van der Waals surface area contributed by atoms with Gasteiger partial charge in [-0.3, -0.25) is 10.1 Å². The molecule has 0 aliphatic carbocycles. The van der Waals surface area contributed by atoms with E-state index in [4.69, 9.17) is 21.1 Å². The molecule has 2 aromatic carbocycles. The van der Waals surface area contributed by atoms with Gasteiger partial charge in [0.15, 0.2) is 0 Å². The van der Waals surface area contributed by atoms with Crippen LogP contribution in [0.15, 0.2) is 36.4 Å². The van der Waals surface area contributed by atoms with Crippen molar-refractivity contribution in [3.8, 4) is 17.2 Å². The van der Waals surface area contributed by atoms with Crippen LogP contribution in [-0.2, 0) is 5.92 Å². The van der Waals surface area contributed by atoms with Gasteiger partial charge < -0.3 is 9.47 Å². The SMILES string of the molecule is COc1cc(Oc2ccc(C(C)(F)F)cc2Cl)ccc1[N+](=O)[O-]. The number of methoxy groups -OCH3 is 1. The summed E-state index contributed by atoms with van der Waals surface area (Å²) in [5.74, 6) is -2.63. The number of benzene rings is 2. The monoisotopic (exact) mass is 343 g/mol. The Balaban J connectivity index is 2.31. The predicted molar refractivity (Wildman–Crippen MR) is 80.7 cm³/mol. The average Bonchev–Trinajstić information content (AvgIpc) is 2.47. The summed E-state index contributed by atoms with van der Waals surface area (Å²) in [5, 5.41) is 10.8. The molecule has 0 atom stereocenters. The number of nitro benzene ring substituents is 1. The molecule has 0 aromatic heterocycles. The summed E-state index contributed by atoms with van der Waals surface area (Å²) >= 11 is 5.94. The van der Waals surface area contributed by atoms with Crippen molar-refractivity contribution in [1.29, 1.82) is 0 Å². The number of rotatable bonds is 5. The van der Waals surface area contributed by atoms with E-state index >= 15 is 0 Å². The summed E-state index contributed by atoms with van der Waals surface area (Å²) < 4.78 is 36.9. The van der Waals surface area contributed by atoms with E-state index in [9.17, 15) is 18.9 Å². The number of nitro groups is 1. The molecule has 0 aliphatic heterocycles. The standard InChI is InChI=1S/C15H12ClF2NO4/c1-15(17,18)9-3-6-13(11(16)7-9)23-10-4-5-12(19(20)21)14(8-10)22-2/h3-8H,1-2H3. The van der Waals surface area contributed by atoms with Gasteiger partial charge in [0.1, 0.15) is 11.5 Å². The van der Waals surface area contributed by atoms with Crippen LogP contribution >= 0.6 is 11.6 Å². The van der Waals surface area contributed by atoms with Crippen molar-refractivity contribution >= 4 is 17.3 Å². The van der Waals surface area contributed by atoms with E-state index in [1.165, 1.54) is 37.4 Å².